The smallest absolute Gasteiger partial charge is 0.339 e. The molecule has 4 aromatic rings. The number of carbonyl (C=O) groups is 1. The van der Waals surface area contributed by atoms with Crippen molar-refractivity contribution >= 4 is 33.5 Å². The molecule has 2 bridgehead atoms. The Bertz CT molecular complexity index is 1780. The molecule has 10 nitrogen and oxygen atoms in total. The van der Waals surface area contributed by atoms with Crippen LogP contribution in [0.2, 0.25) is 0 Å². The van der Waals surface area contributed by atoms with Gasteiger partial charge in [0.15, 0.2) is 0 Å². The number of carbonyl (C=O) groups excluding carboxylic acids is 1. The van der Waals surface area contributed by atoms with Gasteiger partial charge in [0.05, 0.1) is 11.2 Å². The largest absolute Gasteiger partial charge is 0.464 e. The first-order valence-corrected chi connectivity index (χ1v) is 12.7. The minimum atomic E-state index is -0.651. The quantitative estimate of drug-likeness (QED) is 0.226. The summed E-state index contributed by atoms with van der Waals surface area (Å²) in [6.45, 7) is 7.00. The van der Waals surface area contributed by atoms with Crippen LogP contribution in [0.25, 0.3) is 21.9 Å². The maximum absolute atomic E-state index is 13.3. The lowest BCUT2D eigenvalue weighted by Gasteiger charge is -2.42. The maximum Gasteiger partial charge on any atom is 0.339 e. The Morgan fingerprint density at radius 3 is 2.63 bits per heavy atom. The van der Waals surface area contributed by atoms with Crippen LogP contribution in [0.5, 0.6) is 0 Å². The molecule has 0 N–H and O–H groups in total. The van der Waals surface area contributed by atoms with Crippen molar-refractivity contribution in [2.24, 2.45) is 5.92 Å². The zero-order valence-corrected chi connectivity index (χ0v) is 21.4. The predicted octanol–water partition coefficient (Wildman–Crippen LogP) is 4.11. The highest BCUT2D eigenvalue weighted by atomic mass is 16.6. The molecular weight excluding hydrogens is 490 g/mol. The number of benzene rings is 1. The summed E-state index contributed by atoms with van der Waals surface area (Å²) in [7, 11) is 0. The Hall–Kier alpha value is -4.21. The third kappa shape index (κ3) is 3.66. The zero-order chi connectivity index (χ0) is 26.9. The van der Waals surface area contributed by atoms with Crippen molar-refractivity contribution in [1.82, 2.24) is 9.47 Å². The standard InChI is InChI=1S/C28H27N3O7/c1-14-13-37-25-16(3)26-21(9-20(14)25)15(2)19(28(34)38-26)4-7-24(32)29-10-17-8-18(12-29)22-5-6-23(31(35)36)27(33)30(22)11-17/h5-6,9,13,17-18H,4,7-8,10-12H2,1-3H3/t17-,18-/m0/s1. The third-order valence-corrected chi connectivity index (χ3v) is 8.26. The Morgan fingerprint density at radius 1 is 1.08 bits per heavy atom. The lowest BCUT2D eigenvalue weighted by molar-refractivity contribution is -0.386. The number of aromatic nitrogens is 1. The molecule has 5 heterocycles. The SMILES string of the molecule is Cc1coc2c(C)c3oc(=O)c(CCC(=O)N4C[C@@H]5C[C@@H](C4)c4ccc([N+](=O)[O-])c(=O)n4C5)c(C)c3cc12. The van der Waals surface area contributed by atoms with Gasteiger partial charge in [-0.25, -0.2) is 4.79 Å². The van der Waals surface area contributed by atoms with E-state index in [1.807, 2.05) is 26.8 Å². The number of furan rings is 1. The molecule has 0 radical (unpaired) electrons. The van der Waals surface area contributed by atoms with Crippen LogP contribution in [0.3, 0.4) is 0 Å². The average molecular weight is 518 g/mol. The first-order valence-electron chi connectivity index (χ1n) is 12.7. The van der Waals surface area contributed by atoms with Gasteiger partial charge in [0.25, 0.3) is 0 Å². The summed E-state index contributed by atoms with van der Waals surface area (Å²) >= 11 is 0. The Kier molecular flexibility index (Phi) is 5.51. The lowest BCUT2D eigenvalue weighted by atomic mass is 9.83. The van der Waals surface area contributed by atoms with Gasteiger partial charge >= 0.3 is 16.9 Å². The lowest BCUT2D eigenvalue weighted by Crippen LogP contribution is -2.49. The van der Waals surface area contributed by atoms with Crippen molar-refractivity contribution in [2.45, 2.75) is 52.5 Å². The van der Waals surface area contributed by atoms with E-state index in [-0.39, 0.29) is 30.6 Å². The summed E-state index contributed by atoms with van der Waals surface area (Å²) in [5, 5.41) is 13.0. The van der Waals surface area contributed by atoms with E-state index in [4.69, 9.17) is 8.83 Å². The van der Waals surface area contributed by atoms with E-state index in [1.54, 1.807) is 17.2 Å². The molecule has 6 rings (SSSR count). The number of amides is 1. The second-order valence-electron chi connectivity index (χ2n) is 10.6. The number of hydrogen-bond acceptors (Lipinski definition) is 7. The molecule has 10 heteroatoms. The van der Waals surface area contributed by atoms with Gasteiger partial charge in [-0.2, -0.15) is 0 Å². The highest BCUT2D eigenvalue weighted by molar-refractivity contribution is 5.99. The number of piperidine rings is 1. The summed E-state index contributed by atoms with van der Waals surface area (Å²) in [5.41, 5.74) is 3.56. The molecular formula is C28H27N3O7. The van der Waals surface area contributed by atoms with Crippen LogP contribution in [-0.4, -0.2) is 33.4 Å². The second-order valence-corrected chi connectivity index (χ2v) is 10.6. The molecule has 1 fully saturated rings. The van der Waals surface area contributed by atoms with Gasteiger partial charge in [0.2, 0.25) is 5.91 Å². The van der Waals surface area contributed by atoms with Crippen molar-refractivity contribution in [3.8, 4) is 0 Å². The Balaban J connectivity index is 1.24. The van der Waals surface area contributed by atoms with Crippen LogP contribution >= 0.6 is 0 Å². The topological polar surface area (TPSA) is 129 Å². The minimum Gasteiger partial charge on any atom is -0.464 e. The minimum absolute atomic E-state index is 0.0426. The van der Waals surface area contributed by atoms with Crippen LogP contribution in [-0.2, 0) is 17.8 Å². The molecule has 0 aliphatic carbocycles. The molecule has 2 atom stereocenters. The average Bonchev–Trinajstić information content (AvgIpc) is 3.25. The maximum atomic E-state index is 13.3. The zero-order valence-electron chi connectivity index (χ0n) is 21.4. The number of hydrogen-bond donors (Lipinski definition) is 0. The van der Waals surface area contributed by atoms with E-state index in [0.29, 0.717) is 36.4 Å². The van der Waals surface area contributed by atoms with Crippen molar-refractivity contribution in [3.05, 3.63) is 83.3 Å². The van der Waals surface area contributed by atoms with E-state index in [0.717, 1.165) is 39.6 Å². The van der Waals surface area contributed by atoms with Crippen LogP contribution < -0.4 is 11.2 Å². The van der Waals surface area contributed by atoms with Crippen LogP contribution in [0.15, 0.2) is 42.9 Å². The van der Waals surface area contributed by atoms with E-state index in [9.17, 15) is 24.5 Å². The highest BCUT2D eigenvalue weighted by Gasteiger charge is 2.37. The molecule has 2 aliphatic rings. The summed E-state index contributed by atoms with van der Waals surface area (Å²) in [4.78, 5) is 51.2. The van der Waals surface area contributed by atoms with Crippen molar-refractivity contribution in [3.63, 3.8) is 0 Å². The number of nitrogens with zero attached hydrogens (tertiary/aromatic N) is 3. The molecule has 1 amide bonds. The molecule has 3 aromatic heterocycles. The molecule has 1 aromatic carbocycles. The summed E-state index contributed by atoms with van der Waals surface area (Å²) in [5.74, 6) is -0.0782. The number of fused-ring (bicyclic) bond motifs is 6. The summed E-state index contributed by atoms with van der Waals surface area (Å²) < 4.78 is 12.9. The monoisotopic (exact) mass is 517 g/mol. The van der Waals surface area contributed by atoms with E-state index in [2.05, 4.69) is 0 Å². The fourth-order valence-corrected chi connectivity index (χ4v) is 6.27. The van der Waals surface area contributed by atoms with Gasteiger partial charge < -0.3 is 18.3 Å². The fourth-order valence-electron chi connectivity index (χ4n) is 6.27. The van der Waals surface area contributed by atoms with E-state index < -0.39 is 21.8 Å². The highest BCUT2D eigenvalue weighted by Crippen LogP contribution is 2.36. The normalized spacial score (nSPS) is 18.7. The number of likely N-dealkylation sites (tertiary alicyclic amines) is 1. The molecule has 38 heavy (non-hydrogen) atoms. The first kappa shape index (κ1) is 24.1. The van der Waals surface area contributed by atoms with Gasteiger partial charge in [0.1, 0.15) is 11.2 Å². The third-order valence-electron chi connectivity index (χ3n) is 8.26. The first-order chi connectivity index (χ1) is 18.1. The number of pyridine rings is 1. The molecule has 196 valence electrons. The van der Waals surface area contributed by atoms with E-state index >= 15 is 0 Å². The Morgan fingerprint density at radius 2 is 1.87 bits per heavy atom. The Labute approximate surface area is 216 Å². The van der Waals surface area contributed by atoms with Crippen LogP contribution in [0.4, 0.5) is 5.69 Å². The second kappa shape index (κ2) is 8.68. The number of nitro groups is 1. The van der Waals surface area contributed by atoms with Crippen molar-refractivity contribution in [1.29, 1.82) is 0 Å². The van der Waals surface area contributed by atoms with Gasteiger partial charge in [-0.05, 0) is 62.8 Å². The molecule has 0 unspecified atom stereocenters. The van der Waals surface area contributed by atoms with Crippen LogP contribution in [0.1, 0.15) is 46.7 Å². The molecule has 0 saturated carbocycles. The van der Waals surface area contributed by atoms with Crippen molar-refractivity contribution in [2.75, 3.05) is 13.1 Å². The summed E-state index contributed by atoms with van der Waals surface area (Å²) in [6.07, 6.45) is 2.94. The number of aryl methyl sites for hydroxylation is 3. The van der Waals surface area contributed by atoms with Gasteiger partial charge in [-0.1, -0.05) is 0 Å². The predicted molar refractivity (Wildman–Crippen MR) is 140 cm³/mol. The van der Waals surface area contributed by atoms with Crippen LogP contribution in [0, 0.1) is 36.8 Å². The fraction of sp³-hybridized carbons (Fsp3) is 0.393. The molecule has 1 saturated heterocycles. The van der Waals surface area contributed by atoms with E-state index in [1.165, 1.54) is 10.6 Å². The van der Waals surface area contributed by atoms with Gasteiger partial charge in [-0.3, -0.25) is 19.7 Å². The summed E-state index contributed by atoms with van der Waals surface area (Å²) in [6, 6.07) is 4.88. The number of rotatable bonds is 4. The van der Waals surface area contributed by atoms with Crippen molar-refractivity contribution < 1.29 is 18.6 Å². The van der Waals surface area contributed by atoms with Gasteiger partial charge in [-0.15, -0.1) is 0 Å². The molecule has 0 spiro atoms. The van der Waals surface area contributed by atoms with Gasteiger partial charge in [0, 0.05) is 65.6 Å². The molecule has 2 aliphatic heterocycles.